The van der Waals surface area contributed by atoms with Crippen LogP contribution in [0.3, 0.4) is 0 Å². The molecule has 2 aliphatic heterocycles. The van der Waals surface area contributed by atoms with Gasteiger partial charge in [0.05, 0.1) is 12.8 Å². The van der Waals surface area contributed by atoms with E-state index in [0.29, 0.717) is 35.1 Å². The Balaban J connectivity index is 1.58. The first-order valence-corrected chi connectivity index (χ1v) is 12.8. The lowest BCUT2D eigenvalue weighted by Gasteiger charge is -2.38. The lowest BCUT2D eigenvalue weighted by Crippen LogP contribution is -2.51. The van der Waals surface area contributed by atoms with Crippen LogP contribution in [0.5, 0.6) is 5.75 Å². The second-order valence-corrected chi connectivity index (χ2v) is 9.65. The Labute approximate surface area is 201 Å². The summed E-state index contributed by atoms with van der Waals surface area (Å²) in [6, 6.07) is 11.6. The first-order chi connectivity index (χ1) is 16.5. The molecule has 4 rings (SSSR count). The molecule has 2 N–H and O–H groups in total. The lowest BCUT2D eigenvalue weighted by molar-refractivity contribution is -0.137. The molecule has 7 nitrogen and oxygen atoms in total. The van der Waals surface area contributed by atoms with Gasteiger partial charge < -0.3 is 24.3 Å². The minimum Gasteiger partial charge on any atom is -0.495 e. The number of hydrogen-bond acceptors (Lipinski definition) is 6. The van der Waals surface area contributed by atoms with Crippen molar-refractivity contribution in [1.82, 2.24) is 4.90 Å². The highest BCUT2D eigenvalue weighted by atomic mass is 32.2. The van der Waals surface area contributed by atoms with Crippen LogP contribution >= 0.6 is 0 Å². The average molecular weight is 488 g/mol. The van der Waals surface area contributed by atoms with Crippen LogP contribution in [0.2, 0.25) is 0 Å². The number of rotatable bonds is 9. The number of anilines is 1. The van der Waals surface area contributed by atoms with Gasteiger partial charge in [0.25, 0.3) is 5.72 Å². The normalized spacial score (nSPS) is 21.6. The van der Waals surface area contributed by atoms with Gasteiger partial charge in [0.15, 0.2) is 5.84 Å². The number of fused-ring (bicyclic) bond motifs is 1. The summed E-state index contributed by atoms with van der Waals surface area (Å²) in [4.78, 5) is 7.75. The first kappa shape index (κ1) is 24.2. The number of oxime groups is 1. The highest BCUT2D eigenvalue weighted by Gasteiger charge is 2.49. The van der Waals surface area contributed by atoms with Gasteiger partial charge >= 0.3 is 0 Å². The number of halogens is 1. The number of amidine groups is 1. The van der Waals surface area contributed by atoms with E-state index in [9.17, 15) is 13.7 Å². The highest BCUT2D eigenvalue weighted by molar-refractivity contribution is 7.86. The molecule has 182 valence electrons. The quantitative estimate of drug-likeness (QED) is 0.549. The minimum absolute atomic E-state index is 0.317. The summed E-state index contributed by atoms with van der Waals surface area (Å²) in [5.74, 6) is 1.50. The van der Waals surface area contributed by atoms with E-state index in [4.69, 9.17) is 9.57 Å². The molecule has 9 heteroatoms. The number of hydrogen-bond donors (Lipinski definition) is 2. The predicted molar refractivity (Wildman–Crippen MR) is 132 cm³/mol. The summed E-state index contributed by atoms with van der Waals surface area (Å²) in [5, 5.41) is 14.6. The smallest absolute Gasteiger partial charge is 0.260 e. The molecule has 0 bridgehead atoms. The third-order valence-electron chi connectivity index (χ3n) is 6.07. The zero-order valence-electron chi connectivity index (χ0n) is 19.4. The molecule has 0 spiro atoms. The summed E-state index contributed by atoms with van der Waals surface area (Å²) < 4.78 is 34.3. The van der Waals surface area contributed by atoms with Crippen molar-refractivity contribution in [2.75, 3.05) is 30.7 Å². The molecule has 0 aromatic heterocycles. The highest BCUT2D eigenvalue weighted by Crippen LogP contribution is 2.40. The number of aliphatic hydroxyl groups excluding tert-OH is 1. The van der Waals surface area contributed by atoms with Crippen molar-refractivity contribution in [1.29, 1.82) is 0 Å². The van der Waals surface area contributed by atoms with Gasteiger partial charge in [0.2, 0.25) is 0 Å². The number of nitrogens with zero attached hydrogens (tertiary/aromatic N) is 2. The molecular formula is C25H30FN3O4S. The zero-order chi connectivity index (χ0) is 24.1. The Hall–Kier alpha value is -2.91. The molecule has 0 radical (unpaired) electrons. The molecule has 0 amide bonds. The van der Waals surface area contributed by atoms with Crippen LogP contribution in [-0.4, -0.2) is 46.1 Å². The van der Waals surface area contributed by atoms with Crippen LogP contribution in [-0.2, 0) is 21.5 Å². The van der Waals surface area contributed by atoms with Crippen LogP contribution in [0.4, 0.5) is 10.1 Å². The third-order valence-corrected chi connectivity index (χ3v) is 7.18. The summed E-state index contributed by atoms with van der Waals surface area (Å²) in [5.41, 5.74) is 2.03. The standard InChI is InChI=1S/C25H30FN3O4S/c1-3-4-14-34(31)28-22-12-7-18(16-23(22)32-2)15-19-6-5-13-29-24(19)27-33-25(29,17-30)20-8-10-21(26)11-9-20/h7-12,15-16,28,30H,3-6,13-14,17H2,1-2H3/b19-15+. The van der Waals surface area contributed by atoms with Crippen molar-refractivity contribution in [3.8, 4) is 5.75 Å². The van der Waals surface area contributed by atoms with E-state index < -0.39 is 16.7 Å². The molecule has 2 unspecified atom stereocenters. The van der Waals surface area contributed by atoms with E-state index in [0.717, 1.165) is 36.8 Å². The van der Waals surface area contributed by atoms with Crippen LogP contribution in [0.15, 0.2) is 53.2 Å². The number of unbranched alkanes of at least 4 members (excludes halogenated alkanes) is 1. The zero-order valence-corrected chi connectivity index (χ0v) is 20.2. The van der Waals surface area contributed by atoms with Gasteiger partial charge in [-0.2, -0.15) is 0 Å². The van der Waals surface area contributed by atoms with Crippen LogP contribution in [0.1, 0.15) is 43.7 Å². The van der Waals surface area contributed by atoms with Gasteiger partial charge in [-0.1, -0.05) is 24.6 Å². The Bertz CT molecular complexity index is 1110. The molecule has 2 aromatic carbocycles. The van der Waals surface area contributed by atoms with Crippen molar-refractivity contribution in [3.05, 3.63) is 65.0 Å². The molecule has 2 atom stereocenters. The Morgan fingerprint density at radius 3 is 2.82 bits per heavy atom. The summed E-state index contributed by atoms with van der Waals surface area (Å²) >= 11 is 0. The fourth-order valence-corrected chi connectivity index (χ4v) is 5.31. The maximum Gasteiger partial charge on any atom is 0.260 e. The Morgan fingerprint density at radius 1 is 1.32 bits per heavy atom. The van der Waals surface area contributed by atoms with Crippen molar-refractivity contribution in [3.63, 3.8) is 0 Å². The van der Waals surface area contributed by atoms with Crippen molar-refractivity contribution < 1.29 is 23.3 Å². The van der Waals surface area contributed by atoms with Gasteiger partial charge in [-0.05, 0) is 72.9 Å². The monoisotopic (exact) mass is 487 g/mol. The van der Waals surface area contributed by atoms with E-state index in [1.165, 1.54) is 12.1 Å². The SMILES string of the molecule is CCCCS(=O)Nc1ccc(/C=C2\CCCN3C2=NOC3(CO)c2ccc(F)cc2)cc1OC. The molecule has 0 saturated carbocycles. The van der Waals surface area contributed by atoms with Gasteiger partial charge in [0, 0.05) is 17.9 Å². The number of ether oxygens (including phenoxy) is 1. The second kappa shape index (κ2) is 10.6. The summed E-state index contributed by atoms with van der Waals surface area (Å²) in [6.07, 6.45) is 5.55. The van der Waals surface area contributed by atoms with E-state index in [1.807, 2.05) is 29.2 Å². The van der Waals surface area contributed by atoms with Crippen LogP contribution in [0.25, 0.3) is 6.08 Å². The summed E-state index contributed by atoms with van der Waals surface area (Å²) in [6.45, 7) is 2.41. The molecule has 0 aliphatic carbocycles. The van der Waals surface area contributed by atoms with Crippen molar-refractivity contribution in [2.24, 2.45) is 5.16 Å². The van der Waals surface area contributed by atoms with E-state index >= 15 is 0 Å². The fraction of sp³-hybridized carbons (Fsp3) is 0.400. The minimum atomic E-state index is -1.17. The third kappa shape index (κ3) is 4.81. The fourth-order valence-electron chi connectivity index (χ4n) is 4.24. The van der Waals surface area contributed by atoms with E-state index in [-0.39, 0.29) is 12.4 Å². The molecule has 2 aliphatic rings. The Kier molecular flexibility index (Phi) is 7.53. The maximum atomic E-state index is 13.5. The predicted octanol–water partition coefficient (Wildman–Crippen LogP) is 4.38. The number of benzene rings is 2. The Morgan fingerprint density at radius 2 is 2.12 bits per heavy atom. The molecular weight excluding hydrogens is 457 g/mol. The molecule has 1 fully saturated rings. The molecule has 2 heterocycles. The van der Waals surface area contributed by atoms with Gasteiger partial charge in [0.1, 0.15) is 29.2 Å². The topological polar surface area (TPSA) is 83.4 Å². The second-order valence-electron chi connectivity index (χ2n) is 8.35. The van der Waals surface area contributed by atoms with Crippen LogP contribution in [0, 0.1) is 5.82 Å². The van der Waals surface area contributed by atoms with Crippen molar-refractivity contribution in [2.45, 2.75) is 38.3 Å². The molecule has 34 heavy (non-hydrogen) atoms. The number of methoxy groups -OCH3 is 1. The largest absolute Gasteiger partial charge is 0.495 e. The summed E-state index contributed by atoms with van der Waals surface area (Å²) in [7, 11) is 0.421. The van der Waals surface area contributed by atoms with E-state index in [1.54, 1.807) is 19.2 Å². The van der Waals surface area contributed by atoms with Gasteiger partial charge in [-0.3, -0.25) is 0 Å². The number of nitrogens with one attached hydrogen (secondary N) is 1. The van der Waals surface area contributed by atoms with Crippen LogP contribution < -0.4 is 9.46 Å². The van der Waals surface area contributed by atoms with Gasteiger partial charge in [-0.25, -0.2) is 8.60 Å². The van der Waals surface area contributed by atoms with Crippen molar-refractivity contribution >= 4 is 28.6 Å². The maximum absolute atomic E-state index is 13.5. The van der Waals surface area contributed by atoms with E-state index in [2.05, 4.69) is 16.8 Å². The van der Waals surface area contributed by atoms with Gasteiger partial charge in [-0.15, -0.1) is 0 Å². The first-order valence-electron chi connectivity index (χ1n) is 11.5. The lowest BCUT2D eigenvalue weighted by atomic mass is 9.95. The average Bonchev–Trinajstić information content (AvgIpc) is 3.25. The molecule has 1 saturated heterocycles. The number of aliphatic hydroxyl groups is 1. The number of piperidine rings is 1. The molecule has 2 aromatic rings.